The lowest BCUT2D eigenvalue weighted by Crippen LogP contribution is -2.12. The van der Waals surface area contributed by atoms with Crippen molar-refractivity contribution in [2.24, 2.45) is 0 Å². The molecule has 0 aliphatic carbocycles. The van der Waals surface area contributed by atoms with Crippen LogP contribution in [0, 0.1) is 0 Å². The fraction of sp³-hybridized carbons (Fsp3) is 0.235. The first-order chi connectivity index (χ1) is 12.0. The van der Waals surface area contributed by atoms with E-state index in [1.165, 1.54) is 25.3 Å². The van der Waals surface area contributed by atoms with Crippen molar-refractivity contribution in [3.8, 4) is 11.5 Å². The molecule has 9 heteroatoms. The van der Waals surface area contributed by atoms with Crippen molar-refractivity contribution in [2.75, 3.05) is 7.11 Å². The van der Waals surface area contributed by atoms with Gasteiger partial charge in [-0.25, -0.2) is 0 Å². The monoisotopic (exact) mass is 378 g/mol. The van der Waals surface area contributed by atoms with E-state index >= 15 is 0 Å². The summed E-state index contributed by atoms with van der Waals surface area (Å²) >= 11 is 0. The van der Waals surface area contributed by atoms with Gasteiger partial charge < -0.3 is 9.47 Å². The van der Waals surface area contributed by atoms with Gasteiger partial charge in [-0.1, -0.05) is 0 Å². The molecule has 2 rings (SSSR count). The SMILES string of the molecule is COc1cc(C=O)ccc1OCc1cc(C(F)(F)F)cc(C(F)(F)F)c1. The maximum atomic E-state index is 12.8. The lowest BCUT2D eigenvalue weighted by molar-refractivity contribution is -0.143. The molecular weight excluding hydrogens is 366 g/mol. The van der Waals surface area contributed by atoms with Crippen LogP contribution in [0.25, 0.3) is 0 Å². The van der Waals surface area contributed by atoms with Gasteiger partial charge in [-0.15, -0.1) is 0 Å². The van der Waals surface area contributed by atoms with Crippen LogP contribution in [0.3, 0.4) is 0 Å². The van der Waals surface area contributed by atoms with Crippen LogP contribution < -0.4 is 9.47 Å². The van der Waals surface area contributed by atoms with E-state index in [2.05, 4.69) is 0 Å². The smallest absolute Gasteiger partial charge is 0.416 e. The molecule has 0 saturated heterocycles. The third-order valence-corrected chi connectivity index (χ3v) is 3.37. The zero-order valence-corrected chi connectivity index (χ0v) is 13.2. The van der Waals surface area contributed by atoms with Gasteiger partial charge in [0.1, 0.15) is 12.9 Å². The van der Waals surface area contributed by atoms with E-state index in [9.17, 15) is 31.1 Å². The van der Waals surface area contributed by atoms with Crippen LogP contribution in [0.5, 0.6) is 11.5 Å². The Morgan fingerprint density at radius 1 is 0.885 bits per heavy atom. The molecule has 0 aromatic heterocycles. The largest absolute Gasteiger partial charge is 0.493 e. The van der Waals surface area contributed by atoms with Gasteiger partial charge in [0.15, 0.2) is 11.5 Å². The summed E-state index contributed by atoms with van der Waals surface area (Å²) in [7, 11) is 1.28. The molecule has 0 radical (unpaired) electrons. The fourth-order valence-electron chi connectivity index (χ4n) is 2.14. The van der Waals surface area contributed by atoms with Gasteiger partial charge in [0, 0.05) is 5.56 Å². The number of rotatable bonds is 5. The third-order valence-electron chi connectivity index (χ3n) is 3.37. The molecule has 140 valence electrons. The number of hydrogen-bond donors (Lipinski definition) is 0. The molecule has 0 atom stereocenters. The molecule has 0 unspecified atom stereocenters. The quantitative estimate of drug-likeness (QED) is 0.535. The van der Waals surface area contributed by atoms with Crippen molar-refractivity contribution in [3.63, 3.8) is 0 Å². The second-order valence-electron chi connectivity index (χ2n) is 5.23. The van der Waals surface area contributed by atoms with E-state index in [1.54, 1.807) is 0 Å². The van der Waals surface area contributed by atoms with Crippen LogP contribution in [0.1, 0.15) is 27.0 Å². The molecule has 26 heavy (non-hydrogen) atoms. The van der Waals surface area contributed by atoms with Gasteiger partial charge in [0.25, 0.3) is 0 Å². The first-order valence-electron chi connectivity index (χ1n) is 7.09. The minimum absolute atomic E-state index is 0.0446. The number of carbonyl (C=O) groups is 1. The summed E-state index contributed by atoms with van der Waals surface area (Å²) in [4.78, 5) is 10.7. The maximum absolute atomic E-state index is 12.8. The van der Waals surface area contributed by atoms with Crippen molar-refractivity contribution in [1.29, 1.82) is 0 Å². The zero-order chi connectivity index (χ0) is 19.5. The van der Waals surface area contributed by atoms with Crippen LogP contribution in [-0.4, -0.2) is 13.4 Å². The first kappa shape index (κ1) is 19.6. The summed E-state index contributed by atoms with van der Waals surface area (Å²) in [6, 6.07) is 5.25. The zero-order valence-electron chi connectivity index (χ0n) is 13.2. The molecule has 3 nitrogen and oxygen atoms in total. The Labute approximate surface area is 144 Å². The summed E-state index contributed by atoms with van der Waals surface area (Å²) in [5, 5.41) is 0. The predicted molar refractivity (Wildman–Crippen MR) is 79.2 cm³/mol. The second kappa shape index (κ2) is 7.27. The van der Waals surface area contributed by atoms with Gasteiger partial charge in [-0.2, -0.15) is 26.3 Å². The highest BCUT2D eigenvalue weighted by Crippen LogP contribution is 2.37. The lowest BCUT2D eigenvalue weighted by atomic mass is 10.1. The van der Waals surface area contributed by atoms with E-state index < -0.39 is 30.1 Å². The summed E-state index contributed by atoms with van der Waals surface area (Å²) in [5.41, 5.74) is -2.88. The Kier molecular flexibility index (Phi) is 5.48. The molecule has 0 amide bonds. The number of alkyl halides is 6. The molecule has 2 aromatic rings. The van der Waals surface area contributed by atoms with Crippen molar-refractivity contribution in [3.05, 3.63) is 58.7 Å². The number of hydrogen-bond acceptors (Lipinski definition) is 3. The molecule has 0 heterocycles. The Morgan fingerprint density at radius 3 is 1.92 bits per heavy atom. The maximum Gasteiger partial charge on any atom is 0.416 e. The van der Waals surface area contributed by atoms with E-state index in [-0.39, 0.29) is 28.7 Å². The Hall–Kier alpha value is -2.71. The second-order valence-corrected chi connectivity index (χ2v) is 5.23. The Bertz CT molecular complexity index is 764. The number of aldehydes is 1. The van der Waals surface area contributed by atoms with E-state index in [0.29, 0.717) is 18.4 Å². The van der Waals surface area contributed by atoms with Gasteiger partial charge in [0.05, 0.1) is 18.2 Å². The summed E-state index contributed by atoms with van der Waals surface area (Å²) in [5.74, 6) is 0.196. The van der Waals surface area contributed by atoms with Crippen molar-refractivity contribution < 1.29 is 40.6 Å². The standard InChI is InChI=1S/C17H12F6O3/c1-25-15-6-10(8-24)2-3-14(15)26-9-11-4-12(16(18,19)20)7-13(5-11)17(21,22)23/h2-8H,9H2,1H3. The van der Waals surface area contributed by atoms with E-state index in [1.807, 2.05) is 0 Å². The lowest BCUT2D eigenvalue weighted by Gasteiger charge is -2.15. The third kappa shape index (κ3) is 4.68. The molecule has 0 aliphatic heterocycles. The highest BCUT2D eigenvalue weighted by atomic mass is 19.4. The molecule has 0 aliphatic rings. The van der Waals surface area contributed by atoms with Crippen molar-refractivity contribution in [1.82, 2.24) is 0 Å². The van der Waals surface area contributed by atoms with E-state index in [4.69, 9.17) is 9.47 Å². The van der Waals surface area contributed by atoms with Crippen LogP contribution >= 0.6 is 0 Å². The highest BCUT2D eigenvalue weighted by molar-refractivity contribution is 5.76. The minimum Gasteiger partial charge on any atom is -0.493 e. The summed E-state index contributed by atoms with van der Waals surface area (Å²) < 4.78 is 87.3. The fourth-order valence-corrected chi connectivity index (χ4v) is 2.14. The van der Waals surface area contributed by atoms with Crippen LogP contribution in [0.2, 0.25) is 0 Å². The van der Waals surface area contributed by atoms with Crippen LogP contribution in [0.15, 0.2) is 36.4 Å². The van der Waals surface area contributed by atoms with Crippen molar-refractivity contribution in [2.45, 2.75) is 19.0 Å². The average Bonchev–Trinajstić information content (AvgIpc) is 2.58. The Morgan fingerprint density at radius 2 is 1.46 bits per heavy atom. The normalized spacial score (nSPS) is 12.0. The topological polar surface area (TPSA) is 35.5 Å². The number of methoxy groups -OCH3 is 1. The highest BCUT2D eigenvalue weighted by Gasteiger charge is 2.36. The Balaban J connectivity index is 2.33. The van der Waals surface area contributed by atoms with Gasteiger partial charge in [-0.05, 0) is 42.0 Å². The molecule has 0 fully saturated rings. The first-order valence-corrected chi connectivity index (χ1v) is 7.09. The van der Waals surface area contributed by atoms with Crippen LogP contribution in [0.4, 0.5) is 26.3 Å². The van der Waals surface area contributed by atoms with Crippen LogP contribution in [-0.2, 0) is 19.0 Å². The molecule has 0 N–H and O–H groups in total. The molecule has 0 saturated carbocycles. The predicted octanol–water partition coefficient (Wildman–Crippen LogP) is 5.12. The number of halogens is 6. The van der Waals surface area contributed by atoms with Gasteiger partial charge in [-0.3, -0.25) is 4.79 Å². The van der Waals surface area contributed by atoms with Crippen molar-refractivity contribution >= 4 is 6.29 Å². The number of ether oxygens (including phenoxy) is 2. The summed E-state index contributed by atoms with van der Waals surface area (Å²) in [6.45, 7) is -0.552. The summed E-state index contributed by atoms with van der Waals surface area (Å²) in [6.07, 6.45) is -9.31. The number of carbonyl (C=O) groups excluding carboxylic acids is 1. The molecule has 0 spiro atoms. The molecular formula is C17H12F6O3. The minimum atomic E-state index is -4.93. The van der Waals surface area contributed by atoms with Gasteiger partial charge >= 0.3 is 12.4 Å². The average molecular weight is 378 g/mol. The van der Waals surface area contributed by atoms with Gasteiger partial charge in [0.2, 0.25) is 0 Å². The number of benzene rings is 2. The molecule has 0 bridgehead atoms. The van der Waals surface area contributed by atoms with E-state index in [0.717, 1.165) is 0 Å². The molecule has 2 aromatic carbocycles.